The minimum atomic E-state index is -0.711. The van der Waals surface area contributed by atoms with E-state index in [1.165, 1.54) is 5.56 Å². The summed E-state index contributed by atoms with van der Waals surface area (Å²) >= 11 is 0. The maximum Gasteiger partial charge on any atom is 0.287 e. The molecule has 0 N–H and O–H groups in total. The molecule has 7 heteroatoms. The number of nitro groups is 1. The molecule has 0 unspecified atom stereocenters. The highest BCUT2D eigenvalue weighted by atomic mass is 16.6. The minimum absolute atomic E-state index is 0.323. The summed E-state index contributed by atoms with van der Waals surface area (Å²) < 4.78 is 0.923. The summed E-state index contributed by atoms with van der Waals surface area (Å²) in [6.07, 6.45) is 3.97. The first-order valence-corrected chi connectivity index (χ1v) is 7.43. The van der Waals surface area contributed by atoms with Crippen molar-refractivity contribution in [2.45, 2.75) is 25.8 Å². The molecule has 1 heterocycles. The number of hydrogen-bond acceptors (Lipinski definition) is 5. The lowest BCUT2D eigenvalue weighted by molar-refractivity contribution is -0.385. The van der Waals surface area contributed by atoms with Crippen LogP contribution in [0, 0.1) is 21.4 Å². The average molecular weight is 323 g/mol. The normalized spacial score (nSPS) is 12.5. The maximum absolute atomic E-state index is 12.4. The molecular weight excluding hydrogens is 310 g/mol. The topological polar surface area (TPSA) is 106 Å². The number of benzene rings is 1. The molecule has 24 heavy (non-hydrogen) atoms. The van der Waals surface area contributed by atoms with Crippen LogP contribution in [0.25, 0.3) is 0 Å². The molecular formula is C17H13N3O4. The number of ketones is 1. The SMILES string of the molecule is N#Cc1cc([N+](=O)[O-])cn(CC(=O)c2ccc3c(c2)CCC3)c1=O. The summed E-state index contributed by atoms with van der Waals surface area (Å²) in [6, 6.07) is 7.98. The van der Waals surface area contributed by atoms with Gasteiger partial charge in [0.15, 0.2) is 5.78 Å². The zero-order chi connectivity index (χ0) is 17.3. The van der Waals surface area contributed by atoms with Crippen LogP contribution in [-0.4, -0.2) is 15.3 Å². The maximum atomic E-state index is 12.4. The highest BCUT2D eigenvalue weighted by Crippen LogP contribution is 2.23. The second kappa shape index (κ2) is 6.08. The Morgan fingerprint density at radius 1 is 1.29 bits per heavy atom. The van der Waals surface area contributed by atoms with Crippen molar-refractivity contribution < 1.29 is 9.72 Å². The number of aryl methyl sites for hydroxylation is 2. The Kier molecular flexibility index (Phi) is 3.96. The van der Waals surface area contributed by atoms with Gasteiger partial charge in [0.2, 0.25) is 0 Å². The Morgan fingerprint density at radius 3 is 2.75 bits per heavy atom. The summed E-state index contributed by atoms with van der Waals surface area (Å²) in [5.74, 6) is -0.323. The van der Waals surface area contributed by atoms with E-state index in [1.54, 1.807) is 12.1 Å². The fourth-order valence-electron chi connectivity index (χ4n) is 2.91. The number of hydrogen-bond donors (Lipinski definition) is 0. The van der Waals surface area contributed by atoms with Gasteiger partial charge in [-0.15, -0.1) is 0 Å². The molecule has 0 saturated carbocycles. The van der Waals surface area contributed by atoms with Crippen molar-refractivity contribution in [3.8, 4) is 6.07 Å². The van der Waals surface area contributed by atoms with Crippen LogP contribution >= 0.6 is 0 Å². The molecule has 0 atom stereocenters. The first kappa shape index (κ1) is 15.6. The molecule has 1 aromatic heterocycles. The van der Waals surface area contributed by atoms with E-state index in [0.29, 0.717) is 5.56 Å². The number of nitrogens with zero attached hydrogens (tertiary/aromatic N) is 3. The Balaban J connectivity index is 1.95. The van der Waals surface area contributed by atoms with Crippen molar-refractivity contribution in [3.05, 3.63) is 73.2 Å². The van der Waals surface area contributed by atoms with Crippen molar-refractivity contribution in [3.63, 3.8) is 0 Å². The van der Waals surface area contributed by atoms with E-state index >= 15 is 0 Å². The molecule has 0 spiro atoms. The molecule has 0 fully saturated rings. The Bertz CT molecular complexity index is 953. The Morgan fingerprint density at radius 2 is 2.04 bits per heavy atom. The molecule has 0 bridgehead atoms. The van der Waals surface area contributed by atoms with Crippen LogP contribution in [0.1, 0.15) is 33.5 Å². The van der Waals surface area contributed by atoms with Gasteiger partial charge in [-0.2, -0.15) is 5.26 Å². The summed E-state index contributed by atoms with van der Waals surface area (Å²) in [5, 5.41) is 19.8. The van der Waals surface area contributed by atoms with Gasteiger partial charge in [-0.05, 0) is 36.5 Å². The van der Waals surface area contributed by atoms with Crippen LogP contribution in [0.4, 0.5) is 5.69 Å². The predicted octanol–water partition coefficient (Wildman–Crippen LogP) is 2.00. The lowest BCUT2D eigenvalue weighted by Crippen LogP contribution is -2.26. The van der Waals surface area contributed by atoms with Gasteiger partial charge >= 0.3 is 0 Å². The van der Waals surface area contributed by atoms with E-state index in [-0.39, 0.29) is 17.9 Å². The van der Waals surface area contributed by atoms with E-state index in [4.69, 9.17) is 5.26 Å². The molecule has 120 valence electrons. The molecule has 0 radical (unpaired) electrons. The third-order valence-electron chi connectivity index (χ3n) is 4.14. The van der Waals surface area contributed by atoms with Gasteiger partial charge in [0.25, 0.3) is 11.2 Å². The number of nitriles is 1. The van der Waals surface area contributed by atoms with Crippen molar-refractivity contribution in [1.82, 2.24) is 4.57 Å². The van der Waals surface area contributed by atoms with Gasteiger partial charge in [-0.3, -0.25) is 24.3 Å². The van der Waals surface area contributed by atoms with Gasteiger partial charge < -0.3 is 0 Å². The number of aromatic nitrogens is 1. The quantitative estimate of drug-likeness (QED) is 0.486. The molecule has 0 saturated heterocycles. The number of pyridine rings is 1. The van der Waals surface area contributed by atoms with Crippen LogP contribution in [-0.2, 0) is 19.4 Å². The number of carbonyl (C=O) groups excluding carboxylic acids is 1. The van der Waals surface area contributed by atoms with Gasteiger partial charge in [0, 0.05) is 11.6 Å². The molecule has 0 aliphatic heterocycles. The molecule has 2 aromatic rings. The monoisotopic (exact) mass is 323 g/mol. The standard InChI is InChI=1S/C17H13N3O4/c18-8-14-7-15(20(23)24)9-19(17(14)22)10-16(21)13-5-4-11-2-1-3-12(11)6-13/h4-7,9H,1-3,10H2. The van der Waals surface area contributed by atoms with Crippen molar-refractivity contribution >= 4 is 11.5 Å². The largest absolute Gasteiger partial charge is 0.300 e. The van der Waals surface area contributed by atoms with E-state index in [0.717, 1.165) is 41.7 Å². The molecule has 0 amide bonds. The van der Waals surface area contributed by atoms with E-state index in [2.05, 4.69) is 0 Å². The average Bonchev–Trinajstić information content (AvgIpc) is 3.03. The van der Waals surface area contributed by atoms with Gasteiger partial charge in [-0.1, -0.05) is 12.1 Å². The van der Waals surface area contributed by atoms with Crippen molar-refractivity contribution in [2.75, 3.05) is 0 Å². The smallest absolute Gasteiger partial charge is 0.287 e. The third kappa shape index (κ3) is 2.82. The molecule has 7 nitrogen and oxygen atoms in total. The summed E-state index contributed by atoms with van der Waals surface area (Å²) in [7, 11) is 0. The number of rotatable bonds is 4. The number of fused-ring (bicyclic) bond motifs is 1. The fourth-order valence-corrected chi connectivity index (χ4v) is 2.91. The highest BCUT2D eigenvalue weighted by molar-refractivity contribution is 5.96. The fraction of sp³-hybridized carbons (Fsp3) is 0.235. The van der Waals surface area contributed by atoms with Crippen molar-refractivity contribution in [1.29, 1.82) is 5.26 Å². The molecule has 1 aliphatic carbocycles. The summed E-state index contributed by atoms with van der Waals surface area (Å²) in [5.41, 5.74) is 1.36. The number of Topliss-reactive ketones (excluding diaryl/α,β-unsaturated/α-hetero) is 1. The minimum Gasteiger partial charge on any atom is -0.300 e. The van der Waals surface area contributed by atoms with E-state index in [1.807, 2.05) is 12.1 Å². The Hall–Kier alpha value is -3.27. The third-order valence-corrected chi connectivity index (χ3v) is 4.14. The van der Waals surface area contributed by atoms with Crippen LogP contribution in [0.3, 0.4) is 0 Å². The summed E-state index contributed by atoms with van der Waals surface area (Å²) in [6.45, 7) is -0.339. The molecule has 1 aromatic carbocycles. The van der Waals surface area contributed by atoms with Crippen LogP contribution in [0.15, 0.2) is 35.3 Å². The zero-order valence-electron chi connectivity index (χ0n) is 12.7. The van der Waals surface area contributed by atoms with Gasteiger partial charge in [0.05, 0.1) is 17.7 Å². The summed E-state index contributed by atoms with van der Waals surface area (Å²) in [4.78, 5) is 34.7. The van der Waals surface area contributed by atoms with E-state index in [9.17, 15) is 19.7 Å². The van der Waals surface area contributed by atoms with E-state index < -0.39 is 16.2 Å². The predicted molar refractivity (Wildman–Crippen MR) is 84.9 cm³/mol. The molecule has 3 rings (SSSR count). The lowest BCUT2D eigenvalue weighted by Gasteiger charge is -2.07. The van der Waals surface area contributed by atoms with Crippen LogP contribution in [0.5, 0.6) is 0 Å². The Labute approximate surface area is 136 Å². The second-order valence-electron chi connectivity index (χ2n) is 5.67. The zero-order valence-corrected chi connectivity index (χ0v) is 12.7. The lowest BCUT2D eigenvalue weighted by atomic mass is 10.0. The van der Waals surface area contributed by atoms with Gasteiger partial charge in [0.1, 0.15) is 11.6 Å². The highest BCUT2D eigenvalue weighted by Gasteiger charge is 2.18. The van der Waals surface area contributed by atoms with Crippen LogP contribution < -0.4 is 5.56 Å². The van der Waals surface area contributed by atoms with Gasteiger partial charge in [-0.25, -0.2) is 0 Å². The molecule has 1 aliphatic rings. The first-order chi connectivity index (χ1) is 11.5. The first-order valence-electron chi connectivity index (χ1n) is 7.43. The van der Waals surface area contributed by atoms with Crippen molar-refractivity contribution in [2.24, 2.45) is 0 Å². The number of carbonyl (C=O) groups is 1. The van der Waals surface area contributed by atoms with Crippen LogP contribution in [0.2, 0.25) is 0 Å². The second-order valence-corrected chi connectivity index (χ2v) is 5.67.